The summed E-state index contributed by atoms with van der Waals surface area (Å²) in [6.07, 6.45) is 6.98. The van der Waals surface area contributed by atoms with Gasteiger partial charge in [0.05, 0.1) is 5.54 Å². The van der Waals surface area contributed by atoms with Crippen molar-refractivity contribution in [1.82, 2.24) is 10.2 Å². The molecule has 2 amide bonds. The quantitative estimate of drug-likeness (QED) is 0.889. The zero-order chi connectivity index (χ0) is 17.0. The van der Waals surface area contributed by atoms with Gasteiger partial charge in [-0.05, 0) is 49.8 Å². The number of likely N-dealkylation sites (tertiary alicyclic amines) is 1. The predicted octanol–water partition coefficient (Wildman–Crippen LogP) is 2.20. The Morgan fingerprint density at radius 3 is 2.25 bits per heavy atom. The van der Waals surface area contributed by atoms with Gasteiger partial charge in [0.25, 0.3) is 5.91 Å². The second-order valence-electron chi connectivity index (χ2n) is 7.10. The number of nitrogens with two attached hydrogens (primary N) is 1. The van der Waals surface area contributed by atoms with E-state index in [4.69, 9.17) is 5.73 Å². The molecule has 0 radical (unpaired) electrons. The van der Waals surface area contributed by atoms with Gasteiger partial charge in [0.15, 0.2) is 0 Å². The third-order valence-electron chi connectivity index (χ3n) is 5.25. The number of nitrogens with zero attached hydrogens (tertiary/aromatic N) is 1. The van der Waals surface area contributed by atoms with E-state index in [0.29, 0.717) is 6.54 Å². The van der Waals surface area contributed by atoms with Gasteiger partial charge in [-0.1, -0.05) is 25.0 Å². The summed E-state index contributed by atoms with van der Waals surface area (Å²) in [4.78, 5) is 26.6. The molecule has 0 atom stereocenters. The van der Waals surface area contributed by atoms with E-state index in [0.717, 1.165) is 62.7 Å². The van der Waals surface area contributed by atoms with Crippen molar-refractivity contribution < 1.29 is 9.59 Å². The zero-order valence-corrected chi connectivity index (χ0v) is 14.2. The second kappa shape index (κ2) is 7.34. The molecule has 24 heavy (non-hydrogen) atoms. The van der Waals surface area contributed by atoms with Crippen LogP contribution in [0.25, 0.3) is 0 Å². The average Bonchev–Trinajstić information content (AvgIpc) is 3.08. The van der Waals surface area contributed by atoms with Gasteiger partial charge >= 0.3 is 0 Å². The lowest BCUT2D eigenvalue weighted by Gasteiger charge is -2.26. The summed E-state index contributed by atoms with van der Waals surface area (Å²) in [5.74, 6) is 0.0469. The third-order valence-corrected chi connectivity index (χ3v) is 5.25. The van der Waals surface area contributed by atoms with E-state index in [-0.39, 0.29) is 11.8 Å². The van der Waals surface area contributed by atoms with Crippen LogP contribution < -0.4 is 11.1 Å². The van der Waals surface area contributed by atoms with Crippen LogP contribution in [-0.2, 0) is 11.3 Å². The first-order valence-electron chi connectivity index (χ1n) is 9.04. The van der Waals surface area contributed by atoms with Crippen molar-refractivity contribution in [2.75, 3.05) is 13.1 Å². The van der Waals surface area contributed by atoms with Gasteiger partial charge in [-0.3, -0.25) is 9.59 Å². The van der Waals surface area contributed by atoms with Crippen LogP contribution in [0.15, 0.2) is 24.3 Å². The van der Waals surface area contributed by atoms with Crippen molar-refractivity contribution in [3.63, 3.8) is 0 Å². The summed E-state index contributed by atoms with van der Waals surface area (Å²) in [7, 11) is 0. The van der Waals surface area contributed by atoms with Gasteiger partial charge in [-0.25, -0.2) is 0 Å². The molecule has 1 saturated carbocycles. The highest BCUT2D eigenvalue weighted by Gasteiger charge is 2.36. The fourth-order valence-electron chi connectivity index (χ4n) is 3.64. The molecule has 1 aromatic rings. The minimum atomic E-state index is -0.690. The van der Waals surface area contributed by atoms with Crippen molar-refractivity contribution >= 4 is 11.8 Å². The number of hydrogen-bond donors (Lipinski definition) is 2. The lowest BCUT2D eigenvalue weighted by Crippen LogP contribution is -2.51. The van der Waals surface area contributed by atoms with Gasteiger partial charge in [0.1, 0.15) is 0 Å². The van der Waals surface area contributed by atoms with Gasteiger partial charge in [0, 0.05) is 25.2 Å². The Kier molecular flexibility index (Phi) is 5.19. The average molecular weight is 329 g/mol. The van der Waals surface area contributed by atoms with E-state index in [1.54, 1.807) is 0 Å². The fourth-order valence-corrected chi connectivity index (χ4v) is 3.64. The molecule has 1 aliphatic heterocycles. The standard InChI is InChI=1S/C19H27N3O2/c20-19(10-2-3-11-19)18(24)21-14-15-6-8-16(9-7-15)17(23)22-12-4-1-5-13-22/h6-9H,1-5,10-14,20H2,(H,21,24). The van der Waals surface area contributed by atoms with Crippen LogP contribution in [0.2, 0.25) is 0 Å². The first kappa shape index (κ1) is 17.0. The minimum Gasteiger partial charge on any atom is -0.350 e. The van der Waals surface area contributed by atoms with Crippen LogP contribution in [0.3, 0.4) is 0 Å². The highest BCUT2D eigenvalue weighted by molar-refractivity contribution is 5.94. The number of nitrogens with one attached hydrogen (secondary N) is 1. The molecule has 130 valence electrons. The summed E-state index contributed by atoms with van der Waals surface area (Å²) < 4.78 is 0. The number of rotatable bonds is 4. The largest absolute Gasteiger partial charge is 0.350 e. The van der Waals surface area contributed by atoms with Crippen molar-refractivity contribution in [2.24, 2.45) is 5.73 Å². The van der Waals surface area contributed by atoms with Crippen LogP contribution >= 0.6 is 0 Å². The fraction of sp³-hybridized carbons (Fsp3) is 0.579. The second-order valence-corrected chi connectivity index (χ2v) is 7.10. The molecule has 0 bridgehead atoms. The Morgan fingerprint density at radius 1 is 1.00 bits per heavy atom. The molecule has 5 heteroatoms. The number of amides is 2. The molecule has 3 rings (SSSR count). The number of piperidine rings is 1. The lowest BCUT2D eigenvalue weighted by atomic mass is 9.98. The molecular formula is C19H27N3O2. The highest BCUT2D eigenvalue weighted by Crippen LogP contribution is 2.27. The van der Waals surface area contributed by atoms with Gasteiger partial charge in [0.2, 0.25) is 5.91 Å². The number of benzene rings is 1. The molecule has 0 spiro atoms. The number of hydrogen-bond acceptors (Lipinski definition) is 3. The van der Waals surface area contributed by atoms with Crippen molar-refractivity contribution in [3.8, 4) is 0 Å². The molecule has 1 saturated heterocycles. The first-order valence-corrected chi connectivity index (χ1v) is 9.04. The van der Waals surface area contributed by atoms with Crippen LogP contribution in [0, 0.1) is 0 Å². The van der Waals surface area contributed by atoms with Crippen molar-refractivity contribution in [2.45, 2.75) is 57.0 Å². The third kappa shape index (κ3) is 3.78. The van der Waals surface area contributed by atoms with E-state index in [9.17, 15) is 9.59 Å². The molecule has 1 aliphatic carbocycles. The topological polar surface area (TPSA) is 75.4 Å². The summed E-state index contributed by atoms with van der Waals surface area (Å²) in [6, 6.07) is 7.53. The molecular weight excluding hydrogens is 302 g/mol. The molecule has 2 aliphatic rings. The van der Waals surface area contributed by atoms with E-state index >= 15 is 0 Å². The number of carbonyl (C=O) groups excluding carboxylic acids is 2. The minimum absolute atomic E-state index is 0.0616. The molecule has 3 N–H and O–H groups in total. The molecule has 0 unspecified atom stereocenters. The zero-order valence-electron chi connectivity index (χ0n) is 14.2. The molecule has 0 aromatic heterocycles. The van der Waals surface area contributed by atoms with E-state index in [2.05, 4.69) is 5.32 Å². The molecule has 5 nitrogen and oxygen atoms in total. The van der Waals surface area contributed by atoms with Crippen LogP contribution in [0.4, 0.5) is 0 Å². The first-order chi connectivity index (χ1) is 11.6. The summed E-state index contributed by atoms with van der Waals surface area (Å²) in [5.41, 5.74) is 7.17. The Bertz CT molecular complexity index is 585. The Balaban J connectivity index is 1.54. The van der Waals surface area contributed by atoms with Gasteiger partial charge < -0.3 is 16.0 Å². The monoisotopic (exact) mass is 329 g/mol. The van der Waals surface area contributed by atoms with E-state index < -0.39 is 5.54 Å². The van der Waals surface area contributed by atoms with Gasteiger partial charge in [-0.2, -0.15) is 0 Å². The highest BCUT2D eigenvalue weighted by atomic mass is 16.2. The molecule has 2 fully saturated rings. The SMILES string of the molecule is NC1(C(=O)NCc2ccc(C(=O)N3CCCCC3)cc2)CCCC1. The van der Waals surface area contributed by atoms with Crippen LogP contribution in [-0.4, -0.2) is 35.3 Å². The van der Waals surface area contributed by atoms with E-state index in [1.165, 1.54) is 6.42 Å². The smallest absolute Gasteiger partial charge is 0.253 e. The summed E-state index contributed by atoms with van der Waals surface area (Å²) >= 11 is 0. The van der Waals surface area contributed by atoms with Crippen molar-refractivity contribution in [3.05, 3.63) is 35.4 Å². The van der Waals surface area contributed by atoms with Gasteiger partial charge in [-0.15, -0.1) is 0 Å². The molecule has 1 heterocycles. The maximum Gasteiger partial charge on any atom is 0.253 e. The maximum absolute atomic E-state index is 12.4. The predicted molar refractivity (Wildman–Crippen MR) is 93.4 cm³/mol. The number of carbonyl (C=O) groups is 2. The Labute approximate surface area is 143 Å². The van der Waals surface area contributed by atoms with E-state index in [1.807, 2.05) is 29.2 Å². The lowest BCUT2D eigenvalue weighted by molar-refractivity contribution is -0.126. The summed E-state index contributed by atoms with van der Waals surface area (Å²) in [5, 5.41) is 2.93. The normalized spacial score (nSPS) is 20.0. The Hall–Kier alpha value is -1.88. The van der Waals surface area contributed by atoms with Crippen LogP contribution in [0.5, 0.6) is 0 Å². The van der Waals surface area contributed by atoms with Crippen molar-refractivity contribution in [1.29, 1.82) is 0 Å². The van der Waals surface area contributed by atoms with Crippen LogP contribution in [0.1, 0.15) is 60.9 Å². The molecule has 1 aromatic carbocycles. The summed E-state index contributed by atoms with van der Waals surface area (Å²) in [6.45, 7) is 2.17. The Morgan fingerprint density at radius 2 is 1.62 bits per heavy atom. The maximum atomic E-state index is 12.4.